The average molecular weight is 431 g/mol. The van der Waals surface area contributed by atoms with Gasteiger partial charge < -0.3 is 15.0 Å². The molecule has 0 bridgehead atoms. The fraction of sp³-hybridized carbons (Fsp3) is 0.545. The lowest BCUT2D eigenvalue weighted by Gasteiger charge is -2.34. The summed E-state index contributed by atoms with van der Waals surface area (Å²) < 4.78 is 9.62. The van der Waals surface area contributed by atoms with E-state index in [1.165, 1.54) is 5.56 Å². The Balaban J connectivity index is 2.01. The van der Waals surface area contributed by atoms with Crippen molar-refractivity contribution in [3.63, 3.8) is 0 Å². The quantitative estimate of drug-likeness (QED) is 0.728. The van der Waals surface area contributed by atoms with Crippen LogP contribution in [0.4, 0.5) is 0 Å². The largest absolute Gasteiger partial charge is 0.376 e. The monoisotopic (exact) mass is 430 g/mol. The van der Waals surface area contributed by atoms with Gasteiger partial charge in [-0.2, -0.15) is 0 Å². The van der Waals surface area contributed by atoms with Crippen LogP contribution >= 0.6 is 11.5 Å². The number of hydrogen-bond donors (Lipinski definition) is 1. The van der Waals surface area contributed by atoms with E-state index in [4.69, 9.17) is 4.74 Å². The van der Waals surface area contributed by atoms with Gasteiger partial charge in [0, 0.05) is 24.1 Å². The Labute approximate surface area is 182 Å². The molecule has 162 valence electrons. The molecule has 0 saturated carbocycles. The van der Waals surface area contributed by atoms with Gasteiger partial charge in [0.2, 0.25) is 5.91 Å². The first-order chi connectivity index (χ1) is 14.3. The van der Waals surface area contributed by atoms with Crippen molar-refractivity contribution in [3.05, 3.63) is 46.5 Å². The van der Waals surface area contributed by atoms with Gasteiger partial charge in [-0.15, -0.1) is 5.10 Å². The molecule has 2 unspecified atom stereocenters. The number of amides is 2. The molecule has 1 aliphatic heterocycles. The maximum atomic E-state index is 13.4. The van der Waals surface area contributed by atoms with E-state index in [1.54, 1.807) is 10.3 Å². The minimum atomic E-state index is -0.784. The van der Waals surface area contributed by atoms with Crippen molar-refractivity contribution < 1.29 is 14.3 Å². The number of aryl methyl sites for hydroxylation is 1. The summed E-state index contributed by atoms with van der Waals surface area (Å²) in [4.78, 5) is 28.4. The first-order valence-electron chi connectivity index (χ1n) is 10.4. The summed E-state index contributed by atoms with van der Waals surface area (Å²) in [5.41, 5.74) is 1.76. The Hall–Kier alpha value is -2.32. The number of rotatable bonds is 7. The maximum absolute atomic E-state index is 13.4. The minimum absolute atomic E-state index is 0.0969. The lowest BCUT2D eigenvalue weighted by atomic mass is 9.99. The third-order valence-corrected chi connectivity index (χ3v) is 5.53. The van der Waals surface area contributed by atoms with Crippen molar-refractivity contribution in [3.8, 4) is 0 Å². The van der Waals surface area contributed by atoms with Crippen LogP contribution in [0.15, 0.2) is 29.6 Å². The second-order valence-corrected chi connectivity index (χ2v) is 9.23. The van der Waals surface area contributed by atoms with Gasteiger partial charge in [0.25, 0.3) is 5.91 Å². The molecule has 1 aliphatic rings. The Morgan fingerprint density at radius 3 is 2.57 bits per heavy atom. The molecule has 3 rings (SSSR count). The molecular formula is C22H30N4O3S. The highest BCUT2D eigenvalue weighted by Gasteiger charge is 2.36. The van der Waals surface area contributed by atoms with Crippen molar-refractivity contribution in [2.75, 3.05) is 13.2 Å². The van der Waals surface area contributed by atoms with E-state index in [-0.39, 0.29) is 23.6 Å². The fourth-order valence-electron chi connectivity index (χ4n) is 3.56. The van der Waals surface area contributed by atoms with Crippen molar-refractivity contribution in [1.82, 2.24) is 19.8 Å². The number of ether oxygens (including phenoxy) is 1. The first-order valence-corrected chi connectivity index (χ1v) is 11.2. The smallest absolute Gasteiger partial charge is 0.276 e. The van der Waals surface area contributed by atoms with Crippen molar-refractivity contribution >= 4 is 23.3 Å². The van der Waals surface area contributed by atoms with Crippen molar-refractivity contribution in [2.24, 2.45) is 0 Å². The van der Waals surface area contributed by atoms with Crippen LogP contribution < -0.4 is 5.32 Å². The van der Waals surface area contributed by atoms with Crippen LogP contribution in [0.5, 0.6) is 0 Å². The summed E-state index contributed by atoms with van der Waals surface area (Å²) in [5, 5.41) is 8.61. The zero-order valence-corrected chi connectivity index (χ0v) is 18.9. The van der Waals surface area contributed by atoms with Crippen LogP contribution in [0.2, 0.25) is 0 Å². The molecule has 8 heteroatoms. The second kappa shape index (κ2) is 9.66. The van der Waals surface area contributed by atoms with Crippen LogP contribution in [0.1, 0.15) is 68.2 Å². The molecule has 1 N–H and O–H groups in total. The van der Waals surface area contributed by atoms with Crippen LogP contribution in [0, 0.1) is 0 Å². The van der Waals surface area contributed by atoms with E-state index in [1.807, 2.05) is 45.0 Å². The van der Waals surface area contributed by atoms with Gasteiger partial charge >= 0.3 is 0 Å². The van der Waals surface area contributed by atoms with Crippen molar-refractivity contribution in [2.45, 2.75) is 64.6 Å². The molecular weight excluding hydrogens is 400 g/mol. The van der Waals surface area contributed by atoms with Gasteiger partial charge in [-0.05, 0) is 62.7 Å². The lowest BCUT2D eigenvalue weighted by Crippen LogP contribution is -2.51. The van der Waals surface area contributed by atoms with E-state index < -0.39 is 11.6 Å². The highest BCUT2D eigenvalue weighted by molar-refractivity contribution is 7.03. The Morgan fingerprint density at radius 1 is 1.30 bits per heavy atom. The summed E-state index contributed by atoms with van der Waals surface area (Å²) in [6.07, 6.45) is 2.62. The van der Waals surface area contributed by atoms with Crippen LogP contribution in [-0.2, 0) is 16.0 Å². The number of nitrogens with one attached hydrogen (secondary N) is 1. The highest BCUT2D eigenvalue weighted by Crippen LogP contribution is 2.27. The molecule has 1 saturated heterocycles. The van der Waals surface area contributed by atoms with E-state index in [2.05, 4.69) is 21.8 Å². The van der Waals surface area contributed by atoms with Crippen molar-refractivity contribution in [1.29, 1.82) is 0 Å². The van der Waals surface area contributed by atoms with Crippen LogP contribution in [0.3, 0.4) is 0 Å². The van der Waals surface area contributed by atoms with E-state index in [0.717, 1.165) is 36.4 Å². The molecule has 0 spiro atoms. The summed E-state index contributed by atoms with van der Waals surface area (Å²) in [7, 11) is 0. The van der Waals surface area contributed by atoms with E-state index in [0.29, 0.717) is 13.2 Å². The summed E-state index contributed by atoms with van der Waals surface area (Å²) in [5.74, 6) is -0.533. The molecule has 1 aromatic carbocycles. The molecule has 0 radical (unpaired) electrons. The van der Waals surface area contributed by atoms with Crippen LogP contribution in [0.25, 0.3) is 0 Å². The zero-order valence-electron chi connectivity index (χ0n) is 18.1. The number of hydrogen-bond acceptors (Lipinski definition) is 6. The van der Waals surface area contributed by atoms with E-state index in [9.17, 15) is 9.59 Å². The number of benzene rings is 1. The fourth-order valence-corrected chi connectivity index (χ4v) is 3.99. The standard InChI is InChI=1S/C22H30N4O3S/c1-5-15-8-10-16(11-9-15)19(20(27)23-22(2,3)4)26(13-17-7-6-12-29-17)21(28)18-14-30-25-24-18/h8-11,14,17,19H,5-7,12-13H2,1-4H3,(H,23,27). The van der Waals surface area contributed by atoms with Gasteiger partial charge in [-0.3, -0.25) is 9.59 Å². The molecule has 7 nitrogen and oxygen atoms in total. The van der Waals surface area contributed by atoms with Gasteiger partial charge in [0.15, 0.2) is 5.69 Å². The minimum Gasteiger partial charge on any atom is -0.376 e. The molecule has 2 atom stereocenters. The topological polar surface area (TPSA) is 84.4 Å². The summed E-state index contributed by atoms with van der Waals surface area (Å²) >= 11 is 1.12. The van der Waals surface area contributed by atoms with Gasteiger partial charge in [0.05, 0.1) is 6.10 Å². The number of carbonyl (C=O) groups excluding carboxylic acids is 2. The number of aromatic nitrogens is 2. The predicted octanol–water partition coefficient (Wildman–Crippen LogP) is 3.38. The van der Waals surface area contributed by atoms with Gasteiger partial charge in [-0.25, -0.2) is 0 Å². The molecule has 1 aromatic heterocycles. The SMILES string of the molecule is CCc1ccc(C(C(=O)NC(C)(C)C)N(CC2CCCO2)C(=O)c2csnn2)cc1. The molecule has 2 heterocycles. The third kappa shape index (κ3) is 5.64. The van der Waals surface area contributed by atoms with Gasteiger partial charge in [0.1, 0.15) is 6.04 Å². The van der Waals surface area contributed by atoms with Gasteiger partial charge in [-0.1, -0.05) is 35.7 Å². The number of nitrogens with zero attached hydrogens (tertiary/aromatic N) is 3. The molecule has 2 amide bonds. The summed E-state index contributed by atoms with van der Waals surface area (Å²) in [6, 6.07) is 7.09. The maximum Gasteiger partial charge on any atom is 0.276 e. The Morgan fingerprint density at radius 2 is 2.03 bits per heavy atom. The third-order valence-electron chi connectivity index (χ3n) is 5.03. The first kappa shape index (κ1) is 22.4. The number of carbonyl (C=O) groups is 2. The highest BCUT2D eigenvalue weighted by atomic mass is 32.1. The zero-order chi connectivity index (χ0) is 21.7. The Kier molecular flexibility index (Phi) is 7.20. The predicted molar refractivity (Wildman–Crippen MR) is 116 cm³/mol. The molecule has 1 fully saturated rings. The molecule has 2 aromatic rings. The molecule has 0 aliphatic carbocycles. The lowest BCUT2D eigenvalue weighted by molar-refractivity contribution is -0.127. The van der Waals surface area contributed by atoms with E-state index >= 15 is 0 Å². The molecule has 30 heavy (non-hydrogen) atoms. The van der Waals surface area contributed by atoms with Crippen LogP contribution in [-0.4, -0.2) is 51.1 Å². The normalized spacial score (nSPS) is 17.5. The summed E-state index contributed by atoms with van der Waals surface area (Å²) in [6.45, 7) is 8.88. The average Bonchev–Trinajstić information content (AvgIpc) is 3.40. The Bertz CT molecular complexity index is 840. The second-order valence-electron chi connectivity index (χ2n) is 8.62.